The lowest BCUT2D eigenvalue weighted by atomic mass is 10.1. The molecule has 6 nitrogen and oxygen atoms in total. The van der Waals surface area contributed by atoms with Crippen molar-refractivity contribution < 1.29 is 14.7 Å². The Balaban J connectivity index is 1.76. The number of benzene rings is 3. The molecular weight excluding hydrogens is 414 g/mol. The predicted molar refractivity (Wildman–Crippen MR) is 127 cm³/mol. The molecule has 0 unspecified atom stereocenters. The minimum Gasteiger partial charge on any atom is -0.480 e. The highest BCUT2D eigenvalue weighted by Gasteiger charge is 2.21. The molecule has 0 bridgehead atoms. The van der Waals surface area contributed by atoms with Crippen molar-refractivity contribution in [1.82, 2.24) is 4.57 Å². The first kappa shape index (κ1) is 21.6. The third kappa shape index (κ3) is 4.83. The van der Waals surface area contributed by atoms with Crippen molar-refractivity contribution in [1.29, 1.82) is 5.26 Å². The summed E-state index contributed by atoms with van der Waals surface area (Å²) in [6.07, 6.45) is 3.19. The molecule has 1 amide bonds. The fourth-order valence-corrected chi connectivity index (χ4v) is 3.76. The summed E-state index contributed by atoms with van der Waals surface area (Å²) in [5.74, 6) is -1.40. The van der Waals surface area contributed by atoms with E-state index >= 15 is 0 Å². The largest absolute Gasteiger partial charge is 0.480 e. The van der Waals surface area contributed by atoms with Crippen LogP contribution in [-0.2, 0) is 22.7 Å². The zero-order valence-corrected chi connectivity index (χ0v) is 17.8. The SMILES string of the molecule is N#CC(=Cc1cn(CC(=O)O)c2ccccc12)C(=O)N(Cc1ccccc1)c1ccccc1. The van der Waals surface area contributed by atoms with Crippen molar-refractivity contribution in [3.63, 3.8) is 0 Å². The second-order valence-electron chi connectivity index (χ2n) is 7.51. The Kier molecular flexibility index (Phi) is 6.33. The molecule has 33 heavy (non-hydrogen) atoms. The zero-order valence-electron chi connectivity index (χ0n) is 17.8. The van der Waals surface area contributed by atoms with Crippen LogP contribution in [0.5, 0.6) is 0 Å². The zero-order chi connectivity index (χ0) is 23.2. The van der Waals surface area contributed by atoms with Crippen LogP contribution in [0.4, 0.5) is 5.69 Å². The third-order valence-corrected chi connectivity index (χ3v) is 5.27. The molecule has 1 aromatic heterocycles. The highest BCUT2D eigenvalue weighted by Crippen LogP contribution is 2.25. The molecule has 0 aliphatic carbocycles. The molecule has 1 N–H and O–H groups in total. The number of hydrogen-bond acceptors (Lipinski definition) is 3. The molecule has 1 heterocycles. The molecular formula is C27H21N3O3. The third-order valence-electron chi connectivity index (χ3n) is 5.27. The fraction of sp³-hybridized carbons (Fsp3) is 0.0741. The van der Waals surface area contributed by atoms with E-state index in [1.54, 1.807) is 15.7 Å². The van der Waals surface area contributed by atoms with Gasteiger partial charge in [-0.15, -0.1) is 0 Å². The van der Waals surface area contributed by atoms with Crippen LogP contribution in [0, 0.1) is 11.3 Å². The maximum absolute atomic E-state index is 13.5. The van der Waals surface area contributed by atoms with Crippen LogP contribution in [0.25, 0.3) is 17.0 Å². The Hall–Kier alpha value is -4.63. The highest BCUT2D eigenvalue weighted by molar-refractivity contribution is 6.12. The Morgan fingerprint density at radius 3 is 2.24 bits per heavy atom. The van der Waals surface area contributed by atoms with Crippen LogP contribution in [0.1, 0.15) is 11.1 Å². The Bertz CT molecular complexity index is 1370. The van der Waals surface area contributed by atoms with Crippen LogP contribution >= 0.6 is 0 Å². The van der Waals surface area contributed by atoms with Crippen molar-refractivity contribution >= 4 is 34.5 Å². The van der Waals surface area contributed by atoms with Gasteiger partial charge in [0.2, 0.25) is 0 Å². The summed E-state index contributed by atoms with van der Waals surface area (Å²) in [6, 6.07) is 28.1. The maximum Gasteiger partial charge on any atom is 0.323 e. The summed E-state index contributed by atoms with van der Waals surface area (Å²) < 4.78 is 1.60. The van der Waals surface area contributed by atoms with Gasteiger partial charge in [0.25, 0.3) is 5.91 Å². The minimum absolute atomic E-state index is 0.0342. The second kappa shape index (κ2) is 9.67. The van der Waals surface area contributed by atoms with Crippen molar-refractivity contribution in [3.8, 4) is 6.07 Å². The molecule has 0 saturated carbocycles. The van der Waals surface area contributed by atoms with Gasteiger partial charge in [-0.3, -0.25) is 9.59 Å². The number of nitriles is 1. The average molecular weight is 435 g/mol. The van der Waals surface area contributed by atoms with Crippen molar-refractivity contribution in [2.45, 2.75) is 13.1 Å². The van der Waals surface area contributed by atoms with Crippen LogP contribution in [0.3, 0.4) is 0 Å². The number of para-hydroxylation sites is 2. The smallest absolute Gasteiger partial charge is 0.323 e. The molecule has 162 valence electrons. The van der Waals surface area contributed by atoms with Gasteiger partial charge in [-0.1, -0.05) is 66.7 Å². The molecule has 0 spiro atoms. The number of carboxylic acid groups (broad SMARTS) is 1. The lowest BCUT2D eigenvalue weighted by Crippen LogP contribution is -2.31. The lowest BCUT2D eigenvalue weighted by Gasteiger charge is -2.22. The van der Waals surface area contributed by atoms with Gasteiger partial charge in [0, 0.05) is 28.4 Å². The van der Waals surface area contributed by atoms with Gasteiger partial charge in [-0.05, 0) is 29.8 Å². The first-order valence-corrected chi connectivity index (χ1v) is 10.4. The topological polar surface area (TPSA) is 86.3 Å². The molecule has 0 aliphatic rings. The molecule has 0 fully saturated rings. The summed E-state index contributed by atoms with van der Waals surface area (Å²) in [4.78, 5) is 26.4. The molecule has 3 aromatic carbocycles. The van der Waals surface area contributed by atoms with Crippen LogP contribution in [0.2, 0.25) is 0 Å². The lowest BCUT2D eigenvalue weighted by molar-refractivity contribution is -0.137. The van der Waals surface area contributed by atoms with E-state index in [1.165, 1.54) is 6.08 Å². The van der Waals surface area contributed by atoms with Gasteiger partial charge in [-0.25, -0.2) is 0 Å². The van der Waals surface area contributed by atoms with E-state index in [9.17, 15) is 20.0 Å². The van der Waals surface area contributed by atoms with Gasteiger partial charge in [0.15, 0.2) is 0 Å². The first-order valence-electron chi connectivity index (χ1n) is 10.4. The van der Waals surface area contributed by atoms with Crippen molar-refractivity contribution in [3.05, 3.63) is 108 Å². The Morgan fingerprint density at radius 1 is 0.939 bits per heavy atom. The van der Waals surface area contributed by atoms with Gasteiger partial charge >= 0.3 is 5.97 Å². The van der Waals surface area contributed by atoms with Gasteiger partial charge < -0.3 is 14.6 Å². The van der Waals surface area contributed by atoms with E-state index in [-0.39, 0.29) is 12.1 Å². The number of nitrogens with zero attached hydrogens (tertiary/aromatic N) is 3. The summed E-state index contributed by atoms with van der Waals surface area (Å²) in [7, 11) is 0. The number of aromatic nitrogens is 1. The van der Waals surface area contributed by atoms with E-state index in [1.807, 2.05) is 91.0 Å². The van der Waals surface area contributed by atoms with Crippen molar-refractivity contribution in [2.75, 3.05) is 4.90 Å². The summed E-state index contributed by atoms with van der Waals surface area (Å²) in [5, 5.41) is 19.9. The van der Waals surface area contributed by atoms with Crippen LogP contribution in [-0.4, -0.2) is 21.6 Å². The number of hydrogen-bond donors (Lipinski definition) is 1. The van der Waals surface area contributed by atoms with E-state index in [4.69, 9.17) is 0 Å². The summed E-state index contributed by atoms with van der Waals surface area (Å²) in [5.41, 5.74) is 2.92. The van der Waals surface area contributed by atoms with E-state index in [0.29, 0.717) is 17.8 Å². The molecule has 0 aliphatic heterocycles. The maximum atomic E-state index is 13.5. The number of aliphatic carboxylic acids is 1. The second-order valence-corrected chi connectivity index (χ2v) is 7.51. The van der Waals surface area contributed by atoms with E-state index < -0.39 is 11.9 Å². The number of carboxylic acids is 1. The fourth-order valence-electron chi connectivity index (χ4n) is 3.76. The molecule has 0 radical (unpaired) electrons. The number of carbonyl (C=O) groups excluding carboxylic acids is 1. The minimum atomic E-state index is -0.971. The Morgan fingerprint density at radius 2 is 1.58 bits per heavy atom. The molecule has 6 heteroatoms. The van der Waals surface area contributed by atoms with E-state index in [2.05, 4.69) is 0 Å². The van der Waals surface area contributed by atoms with Gasteiger partial charge in [0.05, 0.1) is 6.54 Å². The standard InChI is InChI=1S/C27H21N3O3/c28-16-21(15-22-18-29(19-26(31)32)25-14-8-7-13-24(22)25)27(33)30(23-11-5-2-6-12-23)17-20-9-3-1-4-10-20/h1-15,18H,17,19H2,(H,31,32). The monoisotopic (exact) mass is 435 g/mol. The average Bonchev–Trinajstić information content (AvgIpc) is 3.18. The number of anilines is 1. The normalized spacial score (nSPS) is 11.2. The number of amides is 1. The van der Waals surface area contributed by atoms with Crippen LogP contribution in [0.15, 0.2) is 96.7 Å². The van der Waals surface area contributed by atoms with Crippen molar-refractivity contribution in [2.24, 2.45) is 0 Å². The number of rotatable bonds is 7. The Labute approximate surface area is 191 Å². The van der Waals surface area contributed by atoms with Gasteiger partial charge in [0.1, 0.15) is 18.2 Å². The summed E-state index contributed by atoms with van der Waals surface area (Å²) >= 11 is 0. The number of fused-ring (bicyclic) bond motifs is 1. The predicted octanol–water partition coefficient (Wildman–Crippen LogP) is 4.87. The van der Waals surface area contributed by atoms with Gasteiger partial charge in [-0.2, -0.15) is 5.26 Å². The quantitative estimate of drug-likeness (QED) is 0.332. The molecule has 0 saturated heterocycles. The molecule has 4 aromatic rings. The number of carbonyl (C=O) groups is 2. The first-order chi connectivity index (χ1) is 16.1. The summed E-state index contributed by atoms with van der Waals surface area (Å²) in [6.45, 7) is 0.0951. The molecule has 0 atom stereocenters. The highest BCUT2D eigenvalue weighted by atomic mass is 16.4. The van der Waals surface area contributed by atoms with Crippen LogP contribution < -0.4 is 4.90 Å². The van der Waals surface area contributed by atoms with E-state index in [0.717, 1.165) is 16.5 Å². The molecule has 4 rings (SSSR count).